The smallest absolute Gasteiger partial charge is 0.413 e. The minimum Gasteiger partial charge on any atom is -0.444 e. The van der Waals surface area contributed by atoms with Crippen molar-refractivity contribution in [1.82, 2.24) is 4.90 Å². The van der Waals surface area contributed by atoms with E-state index in [2.05, 4.69) is 0 Å². The molecule has 0 spiro atoms. The predicted molar refractivity (Wildman–Crippen MR) is 62.6 cm³/mol. The van der Waals surface area contributed by atoms with Crippen LogP contribution in [0.2, 0.25) is 0 Å². The van der Waals surface area contributed by atoms with E-state index in [4.69, 9.17) is 9.47 Å². The summed E-state index contributed by atoms with van der Waals surface area (Å²) in [6, 6.07) is -0.597. The number of nitrogens with zero attached hydrogens (tertiary/aromatic N) is 1. The predicted octanol–water partition coefficient (Wildman–Crippen LogP) is 1.95. The largest absolute Gasteiger partial charge is 0.444 e. The number of aldehydes is 1. The Balaban J connectivity index is 2.93. The average Bonchev–Trinajstić information content (AvgIpc) is 2.31. The molecule has 5 nitrogen and oxygen atoms in total. The molecule has 0 aliphatic carbocycles. The van der Waals surface area contributed by atoms with Gasteiger partial charge in [-0.05, 0) is 41.5 Å². The molecule has 1 amide bonds. The number of rotatable bonds is 1. The highest BCUT2D eigenvalue weighted by molar-refractivity contribution is 5.75. The Bertz CT molecular complexity index is 319. The molecule has 17 heavy (non-hydrogen) atoms. The van der Waals surface area contributed by atoms with Crippen LogP contribution >= 0.6 is 0 Å². The molecule has 2 atom stereocenters. The maximum absolute atomic E-state index is 12.1. The molecule has 1 rings (SSSR count). The second kappa shape index (κ2) is 4.29. The van der Waals surface area contributed by atoms with Crippen LogP contribution in [-0.2, 0) is 14.3 Å². The molecule has 0 saturated carbocycles. The van der Waals surface area contributed by atoms with E-state index in [1.54, 1.807) is 41.5 Å². The van der Waals surface area contributed by atoms with Crippen molar-refractivity contribution < 1.29 is 19.1 Å². The van der Waals surface area contributed by atoms with E-state index >= 15 is 0 Å². The lowest BCUT2D eigenvalue weighted by atomic mass is 10.1. The zero-order valence-electron chi connectivity index (χ0n) is 11.3. The van der Waals surface area contributed by atoms with Crippen LogP contribution in [0, 0.1) is 0 Å². The maximum atomic E-state index is 12.1. The van der Waals surface area contributed by atoms with Gasteiger partial charge in [0.05, 0.1) is 6.10 Å². The quantitative estimate of drug-likeness (QED) is 0.660. The molecule has 0 unspecified atom stereocenters. The molecule has 0 radical (unpaired) electrons. The average molecular weight is 243 g/mol. The van der Waals surface area contributed by atoms with Crippen molar-refractivity contribution in [2.45, 2.75) is 65.0 Å². The highest BCUT2D eigenvalue weighted by Gasteiger charge is 2.49. The summed E-state index contributed by atoms with van der Waals surface area (Å²) in [5.41, 5.74) is -1.42. The van der Waals surface area contributed by atoms with Gasteiger partial charge < -0.3 is 14.3 Å². The molecule has 0 aromatic heterocycles. The molecule has 1 saturated heterocycles. The Kier molecular flexibility index (Phi) is 3.52. The van der Waals surface area contributed by atoms with Gasteiger partial charge in [0.25, 0.3) is 0 Å². The molecular weight excluding hydrogens is 222 g/mol. The van der Waals surface area contributed by atoms with E-state index in [-0.39, 0.29) is 6.10 Å². The van der Waals surface area contributed by atoms with E-state index in [1.165, 1.54) is 4.90 Å². The zero-order chi connectivity index (χ0) is 13.4. The van der Waals surface area contributed by atoms with Crippen molar-refractivity contribution in [3.63, 3.8) is 0 Å². The standard InChI is InChI=1S/C12H21NO4/c1-8-9(7-14)13(12(5,6)16-8)10(15)17-11(2,3)4/h7-9H,1-6H3/t8-,9-/m1/s1. The van der Waals surface area contributed by atoms with Gasteiger partial charge in [-0.3, -0.25) is 4.90 Å². The first-order valence-electron chi connectivity index (χ1n) is 5.74. The minimum absolute atomic E-state index is 0.324. The summed E-state index contributed by atoms with van der Waals surface area (Å²) in [5, 5.41) is 0. The monoisotopic (exact) mass is 243 g/mol. The number of amides is 1. The van der Waals surface area contributed by atoms with E-state index in [1.807, 2.05) is 0 Å². The van der Waals surface area contributed by atoms with Gasteiger partial charge in [-0.15, -0.1) is 0 Å². The summed E-state index contributed by atoms with van der Waals surface area (Å²) >= 11 is 0. The first kappa shape index (κ1) is 14.0. The van der Waals surface area contributed by atoms with Gasteiger partial charge in [0.2, 0.25) is 0 Å². The molecule has 1 aliphatic rings. The summed E-state index contributed by atoms with van der Waals surface area (Å²) in [6.45, 7) is 10.6. The number of ether oxygens (including phenoxy) is 2. The van der Waals surface area contributed by atoms with E-state index in [0.29, 0.717) is 0 Å². The summed E-state index contributed by atoms with van der Waals surface area (Å²) < 4.78 is 10.9. The van der Waals surface area contributed by atoms with Gasteiger partial charge in [0.15, 0.2) is 0 Å². The molecule has 5 heteroatoms. The lowest BCUT2D eigenvalue weighted by molar-refractivity contribution is -0.113. The Labute approximate surface area is 102 Å². The molecular formula is C12H21NO4. The molecule has 0 aromatic carbocycles. The molecule has 1 aliphatic heterocycles. The van der Waals surface area contributed by atoms with Crippen LogP contribution < -0.4 is 0 Å². The summed E-state index contributed by atoms with van der Waals surface area (Å²) in [7, 11) is 0. The lowest BCUT2D eigenvalue weighted by Gasteiger charge is -2.33. The third kappa shape index (κ3) is 2.97. The third-order valence-corrected chi connectivity index (χ3v) is 2.56. The first-order chi connectivity index (χ1) is 7.58. The number of carbonyl (C=O) groups excluding carboxylic acids is 2. The second-order valence-electron chi connectivity index (χ2n) is 5.75. The molecule has 98 valence electrons. The zero-order valence-corrected chi connectivity index (χ0v) is 11.3. The van der Waals surface area contributed by atoms with Crippen molar-refractivity contribution >= 4 is 12.4 Å². The molecule has 1 fully saturated rings. The Hall–Kier alpha value is -1.10. The highest BCUT2D eigenvalue weighted by Crippen LogP contribution is 2.32. The van der Waals surface area contributed by atoms with E-state index < -0.39 is 23.5 Å². The van der Waals surface area contributed by atoms with Crippen LogP contribution in [0.15, 0.2) is 0 Å². The van der Waals surface area contributed by atoms with Gasteiger partial charge in [0.1, 0.15) is 23.7 Å². The van der Waals surface area contributed by atoms with Gasteiger partial charge in [-0.25, -0.2) is 4.79 Å². The van der Waals surface area contributed by atoms with Crippen molar-refractivity contribution in [1.29, 1.82) is 0 Å². The van der Waals surface area contributed by atoms with Gasteiger partial charge >= 0.3 is 6.09 Å². The van der Waals surface area contributed by atoms with Crippen molar-refractivity contribution in [3.05, 3.63) is 0 Å². The third-order valence-electron chi connectivity index (χ3n) is 2.56. The van der Waals surface area contributed by atoms with Crippen LogP contribution in [0.1, 0.15) is 41.5 Å². The molecule has 0 bridgehead atoms. The van der Waals surface area contributed by atoms with Gasteiger partial charge in [-0.1, -0.05) is 0 Å². The molecule has 0 N–H and O–H groups in total. The maximum Gasteiger partial charge on any atom is 0.413 e. The van der Waals surface area contributed by atoms with Crippen LogP contribution in [-0.4, -0.2) is 40.8 Å². The number of hydrogen-bond acceptors (Lipinski definition) is 4. The summed E-state index contributed by atoms with van der Waals surface area (Å²) in [6.07, 6.45) is -0.123. The molecule has 0 aromatic rings. The minimum atomic E-state index is -0.826. The van der Waals surface area contributed by atoms with E-state index in [0.717, 1.165) is 6.29 Å². The van der Waals surface area contributed by atoms with Crippen LogP contribution in [0.4, 0.5) is 4.79 Å². The fourth-order valence-electron chi connectivity index (χ4n) is 1.97. The fraction of sp³-hybridized carbons (Fsp3) is 0.833. The van der Waals surface area contributed by atoms with Gasteiger partial charge in [0, 0.05) is 0 Å². The van der Waals surface area contributed by atoms with Crippen molar-refractivity contribution in [3.8, 4) is 0 Å². The highest BCUT2D eigenvalue weighted by atomic mass is 16.6. The topological polar surface area (TPSA) is 55.8 Å². The summed E-state index contributed by atoms with van der Waals surface area (Å²) in [5.74, 6) is 0. The van der Waals surface area contributed by atoms with Crippen LogP contribution in [0.5, 0.6) is 0 Å². The Morgan fingerprint density at radius 2 is 1.94 bits per heavy atom. The second-order valence-corrected chi connectivity index (χ2v) is 5.75. The SMILES string of the molecule is C[C@H]1OC(C)(C)N(C(=O)OC(C)(C)C)[C@@H]1C=O. The number of carbonyl (C=O) groups is 2. The normalized spacial score (nSPS) is 28.0. The lowest BCUT2D eigenvalue weighted by Crippen LogP contribution is -2.50. The summed E-state index contributed by atoms with van der Waals surface area (Å²) in [4.78, 5) is 24.5. The van der Waals surface area contributed by atoms with Crippen LogP contribution in [0.3, 0.4) is 0 Å². The fourth-order valence-corrected chi connectivity index (χ4v) is 1.97. The van der Waals surface area contributed by atoms with Crippen LogP contribution in [0.25, 0.3) is 0 Å². The van der Waals surface area contributed by atoms with Crippen molar-refractivity contribution in [2.24, 2.45) is 0 Å². The van der Waals surface area contributed by atoms with E-state index in [9.17, 15) is 9.59 Å². The Morgan fingerprint density at radius 1 is 1.41 bits per heavy atom. The van der Waals surface area contributed by atoms with Gasteiger partial charge in [-0.2, -0.15) is 0 Å². The Morgan fingerprint density at radius 3 is 2.35 bits per heavy atom. The first-order valence-corrected chi connectivity index (χ1v) is 5.74. The number of hydrogen-bond donors (Lipinski definition) is 0. The molecule has 1 heterocycles. The van der Waals surface area contributed by atoms with Crippen molar-refractivity contribution in [2.75, 3.05) is 0 Å².